The molecule has 0 bridgehead atoms. The third kappa shape index (κ3) is 7.96. The van der Waals surface area contributed by atoms with Gasteiger partial charge >= 0.3 is 5.97 Å². The molecular formula is C11H13N5O5S3. The minimum atomic E-state index is -0.942. The Morgan fingerprint density at radius 3 is 2.67 bits per heavy atom. The number of thiol groups is 1. The van der Waals surface area contributed by atoms with Crippen LogP contribution in [0.1, 0.15) is 10.4 Å². The Balaban J connectivity index is 0.000000300. The van der Waals surface area contributed by atoms with Gasteiger partial charge in [-0.15, -0.1) is 32.9 Å². The van der Waals surface area contributed by atoms with Crippen LogP contribution in [0.4, 0.5) is 5.13 Å². The summed E-state index contributed by atoms with van der Waals surface area (Å²) in [4.78, 5) is 25.8. The molecule has 0 spiro atoms. The number of hydrogen-bond acceptors (Lipinski definition) is 12. The normalized spacial score (nSPS) is 9.58. The van der Waals surface area contributed by atoms with E-state index in [-0.39, 0.29) is 13.2 Å². The highest BCUT2D eigenvalue weighted by molar-refractivity contribution is 7.98. The fraction of sp³-hybridized carbons (Fsp3) is 0.182. The van der Waals surface area contributed by atoms with Crippen LogP contribution in [0.3, 0.4) is 0 Å². The molecule has 2 aromatic rings. The molecule has 10 nitrogen and oxygen atoms in total. The summed E-state index contributed by atoms with van der Waals surface area (Å²) in [6.07, 6.45) is 0. The van der Waals surface area contributed by atoms with Gasteiger partial charge in [0, 0.05) is 4.90 Å². The Bertz CT molecular complexity index is 684. The summed E-state index contributed by atoms with van der Waals surface area (Å²) in [5, 5.41) is 21.6. The lowest BCUT2D eigenvalue weighted by atomic mass is 10.2. The number of rotatable bonds is 6. The van der Waals surface area contributed by atoms with Crippen molar-refractivity contribution in [1.82, 2.24) is 10.2 Å². The van der Waals surface area contributed by atoms with Crippen molar-refractivity contribution in [3.05, 3.63) is 39.9 Å². The molecule has 0 amide bonds. The summed E-state index contributed by atoms with van der Waals surface area (Å²) < 4.78 is 5.43. The van der Waals surface area contributed by atoms with E-state index in [0.717, 1.165) is 11.9 Å². The van der Waals surface area contributed by atoms with Gasteiger partial charge in [-0.1, -0.05) is 17.4 Å². The van der Waals surface area contributed by atoms with Crippen LogP contribution in [-0.2, 0) is 9.57 Å². The van der Waals surface area contributed by atoms with E-state index < -0.39 is 11.1 Å². The van der Waals surface area contributed by atoms with E-state index in [1.54, 1.807) is 24.3 Å². The maximum absolute atomic E-state index is 11.4. The van der Waals surface area contributed by atoms with Gasteiger partial charge in [0.05, 0.1) is 5.56 Å². The first-order valence-electron chi connectivity index (χ1n) is 6.11. The van der Waals surface area contributed by atoms with Crippen LogP contribution >= 0.6 is 35.9 Å². The molecular weight excluding hydrogens is 378 g/mol. The van der Waals surface area contributed by atoms with E-state index in [4.69, 9.17) is 15.6 Å². The van der Waals surface area contributed by atoms with Crippen molar-refractivity contribution in [2.75, 3.05) is 18.9 Å². The van der Waals surface area contributed by atoms with E-state index in [9.17, 15) is 14.9 Å². The van der Waals surface area contributed by atoms with Gasteiger partial charge in [-0.3, -0.25) is 5.14 Å². The van der Waals surface area contributed by atoms with Crippen molar-refractivity contribution in [3.8, 4) is 0 Å². The minimum Gasteiger partial charge on any atom is -0.460 e. The molecule has 2 rings (SSSR count). The van der Waals surface area contributed by atoms with Crippen LogP contribution in [0.2, 0.25) is 0 Å². The maximum Gasteiger partial charge on any atom is 0.338 e. The van der Waals surface area contributed by atoms with Crippen LogP contribution in [0.15, 0.2) is 33.5 Å². The van der Waals surface area contributed by atoms with Gasteiger partial charge < -0.3 is 15.3 Å². The average Bonchev–Trinajstić information content (AvgIpc) is 2.97. The second kappa shape index (κ2) is 10.6. The summed E-state index contributed by atoms with van der Waals surface area (Å²) in [7, 11) is 0. The number of carbonyl (C=O) groups is 1. The van der Waals surface area contributed by atoms with Gasteiger partial charge in [0.1, 0.15) is 13.2 Å². The summed E-state index contributed by atoms with van der Waals surface area (Å²) in [6.45, 7) is -0.448. The minimum absolute atomic E-state index is 0.170. The van der Waals surface area contributed by atoms with Gasteiger partial charge in [-0.25, -0.2) is 4.79 Å². The zero-order valence-electron chi connectivity index (χ0n) is 12.0. The highest BCUT2D eigenvalue weighted by atomic mass is 32.2. The van der Waals surface area contributed by atoms with Crippen LogP contribution in [0, 0.1) is 10.1 Å². The Morgan fingerprint density at radius 2 is 2.17 bits per heavy atom. The van der Waals surface area contributed by atoms with Crippen molar-refractivity contribution in [2.45, 2.75) is 9.24 Å². The molecule has 0 radical (unpaired) electrons. The molecule has 1 aromatic carbocycles. The molecule has 1 heterocycles. The molecule has 0 fully saturated rings. The lowest BCUT2D eigenvalue weighted by molar-refractivity contribution is -0.757. The number of carbonyl (C=O) groups excluding carboxylic acids is 1. The van der Waals surface area contributed by atoms with Crippen LogP contribution in [-0.4, -0.2) is 34.5 Å². The fourth-order valence-corrected chi connectivity index (χ4v) is 2.33. The first kappa shape index (κ1) is 20.0. The number of nitrogen functional groups attached to an aromatic ring is 1. The average molecular weight is 391 g/mol. The molecule has 0 atom stereocenters. The standard InChI is InChI=1S/C9H9NO5S.C2H4N4S2/c11-9(14-4-5-15-10(12)13)7-2-1-3-8(16)6-7;3-1-5-6-2(7-1)8-4/h1-3,6,16H,4-5H2;4H2,(H2,3,5). The monoisotopic (exact) mass is 391 g/mol. The molecule has 0 saturated carbocycles. The van der Waals surface area contributed by atoms with Gasteiger partial charge in [0.15, 0.2) is 4.34 Å². The van der Waals surface area contributed by atoms with Crippen LogP contribution in [0.5, 0.6) is 0 Å². The first-order valence-corrected chi connectivity index (χ1v) is 8.26. The summed E-state index contributed by atoms with van der Waals surface area (Å²) >= 11 is 6.40. The zero-order valence-corrected chi connectivity index (χ0v) is 14.6. The first-order chi connectivity index (χ1) is 11.4. The SMILES string of the molecule is NSc1nnc(N)s1.O=C(OCCO[N+](=O)[O-])c1cccc(S)c1. The number of anilines is 1. The lowest BCUT2D eigenvalue weighted by Gasteiger charge is -2.04. The number of nitrogens with two attached hydrogens (primary N) is 2. The van der Waals surface area contributed by atoms with Gasteiger partial charge in [-0.2, -0.15) is 0 Å². The fourth-order valence-electron chi connectivity index (χ4n) is 1.23. The number of ether oxygens (including phenoxy) is 1. The highest BCUT2D eigenvalue weighted by Gasteiger charge is 2.07. The van der Waals surface area contributed by atoms with Crippen molar-refractivity contribution >= 4 is 47.0 Å². The summed E-state index contributed by atoms with van der Waals surface area (Å²) in [5.74, 6) is -0.567. The van der Waals surface area contributed by atoms with E-state index in [1.165, 1.54) is 11.3 Å². The highest BCUT2D eigenvalue weighted by Crippen LogP contribution is 2.17. The molecule has 0 unspecified atom stereocenters. The Hall–Kier alpha value is -2.09. The van der Waals surface area contributed by atoms with Gasteiger partial charge in [0.2, 0.25) is 5.13 Å². The molecule has 13 heteroatoms. The third-order valence-corrected chi connectivity index (χ3v) is 3.77. The third-order valence-electron chi connectivity index (χ3n) is 2.12. The van der Waals surface area contributed by atoms with Crippen LogP contribution in [0.25, 0.3) is 0 Å². The van der Waals surface area contributed by atoms with Crippen molar-refractivity contribution in [1.29, 1.82) is 0 Å². The van der Waals surface area contributed by atoms with Gasteiger partial charge in [0.25, 0.3) is 5.09 Å². The van der Waals surface area contributed by atoms with Crippen molar-refractivity contribution in [3.63, 3.8) is 0 Å². The molecule has 4 N–H and O–H groups in total. The van der Waals surface area contributed by atoms with E-state index >= 15 is 0 Å². The topological polar surface area (TPSA) is 156 Å². The summed E-state index contributed by atoms with van der Waals surface area (Å²) in [5.41, 5.74) is 5.57. The van der Waals surface area contributed by atoms with Gasteiger partial charge in [-0.05, 0) is 30.1 Å². The Kier molecular flexibility index (Phi) is 8.85. The maximum atomic E-state index is 11.4. The molecule has 130 valence electrons. The molecule has 0 aliphatic carbocycles. The Morgan fingerprint density at radius 1 is 1.42 bits per heavy atom. The molecule has 1 aromatic heterocycles. The quantitative estimate of drug-likeness (QED) is 0.164. The smallest absolute Gasteiger partial charge is 0.338 e. The van der Waals surface area contributed by atoms with E-state index in [0.29, 0.717) is 19.9 Å². The molecule has 0 saturated heterocycles. The number of hydrogen-bond donors (Lipinski definition) is 3. The largest absolute Gasteiger partial charge is 0.460 e. The van der Waals surface area contributed by atoms with Crippen molar-refractivity contribution < 1.29 is 19.5 Å². The number of aromatic nitrogens is 2. The van der Waals surface area contributed by atoms with Crippen LogP contribution < -0.4 is 10.9 Å². The summed E-state index contributed by atoms with van der Waals surface area (Å²) in [6, 6.07) is 6.48. The number of nitrogens with zero attached hydrogens (tertiary/aromatic N) is 3. The number of benzene rings is 1. The Labute approximate surface area is 150 Å². The second-order valence-electron chi connectivity index (χ2n) is 3.77. The second-order valence-corrected chi connectivity index (χ2v) is 6.17. The predicted molar refractivity (Wildman–Crippen MR) is 91.3 cm³/mol. The zero-order chi connectivity index (χ0) is 17.9. The number of esters is 1. The van der Waals surface area contributed by atoms with E-state index in [1.807, 2.05) is 0 Å². The van der Waals surface area contributed by atoms with E-state index in [2.05, 4.69) is 27.7 Å². The van der Waals surface area contributed by atoms with Crippen molar-refractivity contribution in [2.24, 2.45) is 5.14 Å². The molecule has 0 aliphatic heterocycles. The lowest BCUT2D eigenvalue weighted by Crippen LogP contribution is -2.13. The molecule has 24 heavy (non-hydrogen) atoms. The predicted octanol–water partition coefficient (Wildman–Crippen LogP) is 1.43. The molecule has 0 aliphatic rings.